The lowest BCUT2D eigenvalue weighted by atomic mass is 10.1. The van der Waals surface area contributed by atoms with Crippen LogP contribution in [-0.4, -0.2) is 69.2 Å². The van der Waals surface area contributed by atoms with Crippen molar-refractivity contribution in [3.05, 3.63) is 23.7 Å². The maximum Gasteiger partial charge on any atom is 0.328 e. The molecule has 2 rings (SSSR count). The summed E-state index contributed by atoms with van der Waals surface area (Å²) in [5.74, 6) is -2.51. The summed E-state index contributed by atoms with van der Waals surface area (Å²) in [6, 6.07) is 1.94. The van der Waals surface area contributed by atoms with Crippen molar-refractivity contribution in [3.8, 4) is 6.07 Å². The molecule has 4 N–H and O–H groups in total. The Morgan fingerprint density at radius 2 is 2.03 bits per heavy atom. The Labute approximate surface area is 172 Å². The van der Waals surface area contributed by atoms with Gasteiger partial charge in [0.25, 0.3) is 0 Å². The van der Waals surface area contributed by atoms with Gasteiger partial charge < -0.3 is 25.7 Å². The number of carbonyl (C=O) groups is 3. The van der Waals surface area contributed by atoms with Crippen molar-refractivity contribution < 1.29 is 24.6 Å². The minimum absolute atomic E-state index is 0.00127. The van der Waals surface area contributed by atoms with E-state index in [0.717, 1.165) is 18.0 Å². The number of amides is 1. The molecule has 0 aromatic carbocycles. The van der Waals surface area contributed by atoms with Gasteiger partial charge in [-0.25, -0.2) is 14.6 Å². The topological polar surface area (TPSA) is 156 Å². The van der Waals surface area contributed by atoms with Gasteiger partial charge in [-0.1, -0.05) is 0 Å². The van der Waals surface area contributed by atoms with Gasteiger partial charge in [0.2, 0.25) is 5.91 Å². The number of rotatable bonds is 8. The van der Waals surface area contributed by atoms with E-state index in [1.165, 1.54) is 0 Å². The van der Waals surface area contributed by atoms with Crippen molar-refractivity contribution in [1.82, 2.24) is 15.2 Å². The molecule has 11 heteroatoms. The number of aromatic nitrogens is 1. The van der Waals surface area contributed by atoms with Crippen molar-refractivity contribution in [2.24, 2.45) is 0 Å². The highest BCUT2D eigenvalue weighted by atomic mass is 32.1. The van der Waals surface area contributed by atoms with Gasteiger partial charge in [0.05, 0.1) is 12.6 Å². The van der Waals surface area contributed by atoms with E-state index in [1.807, 2.05) is 19.2 Å². The summed E-state index contributed by atoms with van der Waals surface area (Å²) in [5, 5.41) is 33.9. The molecule has 0 saturated carbocycles. The molecule has 0 aliphatic carbocycles. The molecule has 1 aromatic rings. The zero-order valence-electron chi connectivity index (χ0n) is 16.3. The lowest BCUT2D eigenvalue weighted by Gasteiger charge is -2.28. The third-order valence-electron chi connectivity index (χ3n) is 3.92. The maximum absolute atomic E-state index is 12.2. The highest BCUT2D eigenvalue weighted by Gasteiger charge is 2.29. The van der Waals surface area contributed by atoms with Gasteiger partial charge in [-0.2, -0.15) is 5.26 Å². The molecule has 0 radical (unpaired) electrons. The summed E-state index contributed by atoms with van der Waals surface area (Å²) in [7, 11) is 0. The SMILES string of the molecule is CC(C)(CNc1nccs1)NCC(=O)N1CCC[C@H]1C#N.O=C(O)/C=C/C(=O)O. The number of nitrogens with zero attached hydrogens (tertiary/aromatic N) is 3. The predicted molar refractivity (Wildman–Crippen MR) is 107 cm³/mol. The van der Waals surface area contributed by atoms with E-state index in [1.54, 1.807) is 22.4 Å². The summed E-state index contributed by atoms with van der Waals surface area (Å²) >= 11 is 1.55. The first-order valence-corrected chi connectivity index (χ1v) is 9.74. The number of anilines is 1. The molecule has 1 aliphatic heterocycles. The quantitative estimate of drug-likeness (QED) is 0.450. The molecule has 1 atom stereocenters. The van der Waals surface area contributed by atoms with Crippen molar-refractivity contribution >= 4 is 34.3 Å². The third kappa shape index (κ3) is 9.68. The number of carbonyl (C=O) groups excluding carboxylic acids is 1. The summed E-state index contributed by atoms with van der Waals surface area (Å²) < 4.78 is 0. The van der Waals surface area contributed by atoms with Crippen LogP contribution in [0.2, 0.25) is 0 Å². The van der Waals surface area contributed by atoms with E-state index < -0.39 is 11.9 Å². The van der Waals surface area contributed by atoms with Crippen molar-refractivity contribution in [3.63, 3.8) is 0 Å². The van der Waals surface area contributed by atoms with Crippen LogP contribution in [0.3, 0.4) is 0 Å². The Morgan fingerprint density at radius 3 is 2.55 bits per heavy atom. The number of nitrogens with one attached hydrogen (secondary N) is 2. The Morgan fingerprint density at radius 1 is 1.38 bits per heavy atom. The van der Waals surface area contributed by atoms with Crippen LogP contribution < -0.4 is 10.6 Å². The van der Waals surface area contributed by atoms with Gasteiger partial charge in [0.1, 0.15) is 6.04 Å². The number of hydrogen-bond acceptors (Lipinski definition) is 8. The number of hydrogen-bond donors (Lipinski definition) is 4. The number of thiazole rings is 1. The second-order valence-corrected chi connectivity index (χ2v) is 7.71. The molecule has 1 amide bonds. The van der Waals surface area contributed by atoms with E-state index in [9.17, 15) is 14.4 Å². The van der Waals surface area contributed by atoms with Crippen molar-refractivity contribution in [1.29, 1.82) is 5.26 Å². The maximum atomic E-state index is 12.2. The second kappa shape index (κ2) is 11.8. The molecule has 0 unspecified atom stereocenters. The van der Waals surface area contributed by atoms with Crippen LogP contribution >= 0.6 is 11.3 Å². The van der Waals surface area contributed by atoms with E-state index in [-0.39, 0.29) is 24.0 Å². The van der Waals surface area contributed by atoms with Crippen LogP contribution in [0.5, 0.6) is 0 Å². The van der Waals surface area contributed by atoms with Crippen molar-refractivity contribution in [2.75, 3.05) is 25.0 Å². The summed E-state index contributed by atoms with van der Waals surface area (Å²) in [6.07, 6.45) is 4.58. The smallest absolute Gasteiger partial charge is 0.328 e. The molecule has 2 heterocycles. The average molecular weight is 423 g/mol. The number of carboxylic acid groups (broad SMARTS) is 2. The molecule has 10 nitrogen and oxygen atoms in total. The molecular weight excluding hydrogens is 398 g/mol. The van der Waals surface area contributed by atoms with Crippen LogP contribution in [0.15, 0.2) is 23.7 Å². The number of nitriles is 1. The molecule has 0 spiro atoms. The van der Waals surface area contributed by atoms with Gasteiger partial charge in [-0.15, -0.1) is 11.3 Å². The standard InChI is InChI=1S/C14H21N5OS.C4H4O4/c1-14(2,10-17-13-16-5-7-21-13)18-9-12(20)19-6-3-4-11(19)8-15;5-3(6)1-2-4(7)8/h5,7,11,18H,3-4,6,9-10H2,1-2H3,(H,16,17);1-2H,(H,5,6)(H,7,8)/b;2-1+/t11-;/m0./s1. The van der Waals surface area contributed by atoms with E-state index in [0.29, 0.717) is 25.2 Å². The summed E-state index contributed by atoms with van der Waals surface area (Å²) in [4.78, 5) is 37.1. The van der Waals surface area contributed by atoms with Crippen molar-refractivity contribution in [2.45, 2.75) is 38.3 Å². The van der Waals surface area contributed by atoms with E-state index in [4.69, 9.17) is 15.5 Å². The Hall–Kier alpha value is -2.97. The first-order chi connectivity index (χ1) is 13.6. The Bertz CT molecular complexity index is 741. The fraction of sp³-hybridized carbons (Fsp3) is 0.500. The van der Waals surface area contributed by atoms with Crippen LogP contribution in [0.1, 0.15) is 26.7 Å². The normalized spacial score (nSPS) is 16.0. The fourth-order valence-electron chi connectivity index (χ4n) is 2.43. The fourth-order valence-corrected chi connectivity index (χ4v) is 2.96. The van der Waals surface area contributed by atoms with Gasteiger partial charge in [0.15, 0.2) is 5.13 Å². The molecule has 1 fully saturated rings. The van der Waals surface area contributed by atoms with E-state index in [2.05, 4.69) is 21.7 Å². The first-order valence-electron chi connectivity index (χ1n) is 8.86. The van der Waals surface area contributed by atoms with Crippen LogP contribution in [-0.2, 0) is 14.4 Å². The molecule has 1 aliphatic rings. The summed E-state index contributed by atoms with van der Waals surface area (Å²) in [5.41, 5.74) is -0.233. The predicted octanol–water partition coefficient (Wildman–Crippen LogP) is 1.15. The third-order valence-corrected chi connectivity index (χ3v) is 4.65. The summed E-state index contributed by atoms with van der Waals surface area (Å²) in [6.45, 7) is 5.69. The highest BCUT2D eigenvalue weighted by Crippen LogP contribution is 2.16. The largest absolute Gasteiger partial charge is 0.478 e. The van der Waals surface area contributed by atoms with Crippen LogP contribution in [0.4, 0.5) is 5.13 Å². The molecule has 29 heavy (non-hydrogen) atoms. The Kier molecular flexibility index (Phi) is 9.78. The van der Waals surface area contributed by atoms with Crippen LogP contribution in [0.25, 0.3) is 0 Å². The molecule has 1 saturated heterocycles. The number of aliphatic carboxylic acids is 2. The average Bonchev–Trinajstić information content (AvgIpc) is 3.35. The zero-order chi connectivity index (χ0) is 21.9. The highest BCUT2D eigenvalue weighted by molar-refractivity contribution is 7.13. The molecule has 1 aromatic heterocycles. The van der Waals surface area contributed by atoms with Gasteiger partial charge in [-0.05, 0) is 26.7 Å². The minimum atomic E-state index is -1.26. The lowest BCUT2D eigenvalue weighted by Crippen LogP contribution is -2.50. The minimum Gasteiger partial charge on any atom is -0.478 e. The first kappa shape index (κ1) is 24.1. The molecule has 0 bridgehead atoms. The lowest BCUT2D eigenvalue weighted by molar-refractivity contribution is -0.134. The molecule has 158 valence electrons. The van der Waals surface area contributed by atoms with E-state index >= 15 is 0 Å². The monoisotopic (exact) mass is 423 g/mol. The van der Waals surface area contributed by atoms with Crippen LogP contribution in [0, 0.1) is 11.3 Å². The zero-order valence-corrected chi connectivity index (χ0v) is 17.1. The van der Waals surface area contributed by atoms with Gasteiger partial charge in [0, 0.05) is 42.4 Å². The Balaban J connectivity index is 0.000000447. The molecular formula is C18H25N5O5S. The second-order valence-electron chi connectivity index (χ2n) is 6.81. The number of likely N-dealkylation sites (tertiary alicyclic amines) is 1. The number of carboxylic acids is 2. The van der Waals surface area contributed by atoms with Gasteiger partial charge in [-0.3, -0.25) is 4.79 Å². The van der Waals surface area contributed by atoms with Gasteiger partial charge >= 0.3 is 11.9 Å².